The van der Waals surface area contributed by atoms with Gasteiger partial charge in [0.15, 0.2) is 0 Å². The van der Waals surface area contributed by atoms with Gasteiger partial charge in [0.05, 0.1) is 12.8 Å². The fourth-order valence-electron chi connectivity index (χ4n) is 3.57. The molecule has 0 saturated heterocycles. The van der Waals surface area contributed by atoms with Crippen LogP contribution in [0.25, 0.3) is 0 Å². The maximum Gasteiger partial charge on any atom is 0.254 e. The highest BCUT2D eigenvalue weighted by Gasteiger charge is 2.25. The Morgan fingerprint density at radius 3 is 2.22 bits per heavy atom. The van der Waals surface area contributed by atoms with Crippen molar-refractivity contribution in [2.45, 2.75) is 46.2 Å². The third-order valence-electron chi connectivity index (χ3n) is 5.59. The Hall–Kier alpha value is -3.34. The number of benzene rings is 2. The van der Waals surface area contributed by atoms with Crippen molar-refractivity contribution in [1.82, 2.24) is 9.80 Å². The summed E-state index contributed by atoms with van der Waals surface area (Å²) >= 11 is 0. The van der Waals surface area contributed by atoms with Gasteiger partial charge in [-0.3, -0.25) is 9.59 Å². The Balaban J connectivity index is 1.73. The second kappa shape index (κ2) is 11.3. The van der Waals surface area contributed by atoms with Crippen LogP contribution in [0.15, 0.2) is 77.4 Å². The molecule has 5 nitrogen and oxygen atoms in total. The van der Waals surface area contributed by atoms with Crippen LogP contribution in [0.3, 0.4) is 0 Å². The van der Waals surface area contributed by atoms with E-state index in [1.165, 1.54) is 5.56 Å². The number of nitrogens with zero attached hydrogens (tertiary/aromatic N) is 2. The zero-order valence-corrected chi connectivity index (χ0v) is 19.2. The quantitative estimate of drug-likeness (QED) is 0.455. The van der Waals surface area contributed by atoms with Crippen LogP contribution in [0.1, 0.15) is 48.0 Å². The summed E-state index contributed by atoms with van der Waals surface area (Å²) in [5.74, 6) is 0.505. The van der Waals surface area contributed by atoms with Gasteiger partial charge in [-0.25, -0.2) is 0 Å². The van der Waals surface area contributed by atoms with Crippen LogP contribution >= 0.6 is 0 Å². The predicted octanol–water partition coefficient (Wildman–Crippen LogP) is 4.96. The molecule has 3 aromatic rings. The Morgan fingerprint density at radius 2 is 1.62 bits per heavy atom. The van der Waals surface area contributed by atoms with E-state index >= 15 is 0 Å². The zero-order valence-electron chi connectivity index (χ0n) is 19.2. The van der Waals surface area contributed by atoms with E-state index < -0.39 is 0 Å². The molecule has 168 valence electrons. The van der Waals surface area contributed by atoms with Gasteiger partial charge in [0.2, 0.25) is 5.91 Å². The fourth-order valence-corrected chi connectivity index (χ4v) is 3.57. The molecule has 0 radical (unpaired) electrons. The van der Waals surface area contributed by atoms with Crippen LogP contribution in [0.4, 0.5) is 0 Å². The number of rotatable bonds is 10. The molecule has 0 atom stereocenters. The molecule has 3 rings (SSSR count). The molecule has 32 heavy (non-hydrogen) atoms. The van der Waals surface area contributed by atoms with Gasteiger partial charge in [-0.05, 0) is 62.1 Å². The molecule has 0 bridgehead atoms. The minimum atomic E-state index is -0.128. The minimum absolute atomic E-state index is 0.0293. The van der Waals surface area contributed by atoms with Gasteiger partial charge in [0, 0.05) is 18.2 Å². The van der Waals surface area contributed by atoms with Crippen molar-refractivity contribution >= 4 is 11.8 Å². The molecule has 0 aliphatic rings. The van der Waals surface area contributed by atoms with Crippen LogP contribution in [-0.2, 0) is 24.2 Å². The number of hydrogen-bond donors (Lipinski definition) is 0. The van der Waals surface area contributed by atoms with Gasteiger partial charge in [-0.2, -0.15) is 0 Å². The van der Waals surface area contributed by atoms with Gasteiger partial charge in [0.25, 0.3) is 5.91 Å². The fraction of sp³-hybridized carbons (Fsp3) is 0.333. The minimum Gasteiger partial charge on any atom is -0.467 e. The number of amides is 2. The lowest BCUT2D eigenvalue weighted by Gasteiger charge is -2.30. The first kappa shape index (κ1) is 23.3. The second-order valence-electron chi connectivity index (χ2n) is 8.21. The normalized spacial score (nSPS) is 10.9. The van der Waals surface area contributed by atoms with E-state index in [9.17, 15) is 9.59 Å². The van der Waals surface area contributed by atoms with Crippen LogP contribution in [-0.4, -0.2) is 40.7 Å². The van der Waals surface area contributed by atoms with E-state index in [4.69, 9.17) is 4.42 Å². The molecule has 0 spiro atoms. The number of hydrogen-bond acceptors (Lipinski definition) is 3. The highest BCUT2D eigenvalue weighted by Crippen LogP contribution is 2.14. The largest absolute Gasteiger partial charge is 0.467 e. The predicted molar refractivity (Wildman–Crippen MR) is 126 cm³/mol. The average Bonchev–Trinajstić information content (AvgIpc) is 3.33. The molecular weight excluding hydrogens is 400 g/mol. The number of aryl methyl sites for hydroxylation is 1. The number of carbonyl (C=O) groups excluding carboxylic acids is 2. The SMILES string of the molecule is CCc1ccc(C(=O)N(CC(=O)N(CCc2ccccc2)Cc2ccco2)C(C)C)cc1. The van der Waals surface area contributed by atoms with E-state index in [2.05, 4.69) is 19.1 Å². The Bertz CT molecular complexity index is 980. The first-order valence-electron chi connectivity index (χ1n) is 11.2. The van der Waals surface area contributed by atoms with Crippen LogP contribution in [0.5, 0.6) is 0 Å². The summed E-state index contributed by atoms with van der Waals surface area (Å²) in [5, 5.41) is 0. The topological polar surface area (TPSA) is 53.8 Å². The summed E-state index contributed by atoms with van der Waals surface area (Å²) in [5.41, 5.74) is 2.95. The third kappa shape index (κ3) is 6.33. The summed E-state index contributed by atoms with van der Waals surface area (Å²) < 4.78 is 5.48. The van der Waals surface area contributed by atoms with Crippen molar-refractivity contribution in [2.75, 3.05) is 13.1 Å². The van der Waals surface area contributed by atoms with Crippen LogP contribution in [0, 0.1) is 0 Å². The van der Waals surface area contributed by atoms with Crippen LogP contribution in [0.2, 0.25) is 0 Å². The Labute approximate surface area is 190 Å². The summed E-state index contributed by atoms with van der Waals surface area (Å²) in [6, 6.07) is 21.3. The number of furan rings is 1. The molecule has 0 aliphatic carbocycles. The molecular formula is C27H32N2O3. The Kier molecular flexibility index (Phi) is 8.26. The molecule has 0 aliphatic heterocycles. The lowest BCUT2D eigenvalue weighted by Crippen LogP contribution is -2.46. The monoisotopic (exact) mass is 432 g/mol. The molecule has 2 amide bonds. The molecule has 2 aromatic carbocycles. The van der Waals surface area contributed by atoms with Gasteiger partial charge in [-0.1, -0.05) is 49.4 Å². The summed E-state index contributed by atoms with van der Waals surface area (Å²) in [7, 11) is 0. The first-order valence-corrected chi connectivity index (χ1v) is 11.2. The maximum atomic E-state index is 13.3. The third-order valence-corrected chi connectivity index (χ3v) is 5.59. The van der Waals surface area contributed by atoms with Crippen LogP contribution < -0.4 is 0 Å². The van der Waals surface area contributed by atoms with Crippen molar-refractivity contribution in [2.24, 2.45) is 0 Å². The highest BCUT2D eigenvalue weighted by atomic mass is 16.3. The molecule has 5 heteroatoms. The highest BCUT2D eigenvalue weighted by molar-refractivity contribution is 5.96. The molecule has 0 saturated carbocycles. The second-order valence-corrected chi connectivity index (χ2v) is 8.21. The molecule has 0 fully saturated rings. The lowest BCUT2D eigenvalue weighted by atomic mass is 10.1. The van der Waals surface area contributed by atoms with Crippen molar-refractivity contribution in [3.8, 4) is 0 Å². The van der Waals surface area contributed by atoms with E-state index in [1.807, 2.05) is 68.4 Å². The van der Waals surface area contributed by atoms with Gasteiger partial charge < -0.3 is 14.2 Å². The molecule has 0 N–H and O–H groups in total. The van der Waals surface area contributed by atoms with Crippen molar-refractivity contribution in [3.63, 3.8) is 0 Å². The smallest absolute Gasteiger partial charge is 0.254 e. The van der Waals surface area contributed by atoms with E-state index in [-0.39, 0.29) is 24.4 Å². The van der Waals surface area contributed by atoms with Gasteiger partial charge in [0.1, 0.15) is 12.3 Å². The summed E-state index contributed by atoms with van der Waals surface area (Å²) in [6.45, 7) is 6.91. The van der Waals surface area contributed by atoms with E-state index in [1.54, 1.807) is 16.1 Å². The molecule has 1 aromatic heterocycles. The zero-order chi connectivity index (χ0) is 22.9. The van der Waals surface area contributed by atoms with Crippen molar-refractivity contribution < 1.29 is 14.0 Å². The molecule has 1 heterocycles. The molecule has 0 unspecified atom stereocenters. The van der Waals surface area contributed by atoms with E-state index in [0.717, 1.165) is 24.2 Å². The average molecular weight is 433 g/mol. The van der Waals surface area contributed by atoms with Crippen molar-refractivity contribution in [1.29, 1.82) is 0 Å². The van der Waals surface area contributed by atoms with E-state index in [0.29, 0.717) is 18.7 Å². The Morgan fingerprint density at radius 1 is 0.906 bits per heavy atom. The van der Waals surface area contributed by atoms with Gasteiger partial charge in [-0.15, -0.1) is 0 Å². The summed E-state index contributed by atoms with van der Waals surface area (Å²) in [4.78, 5) is 29.9. The standard InChI is InChI=1S/C27H32N2O3/c1-4-22-12-14-24(15-13-22)27(31)29(21(2)3)20-26(30)28(19-25-11-8-18-32-25)17-16-23-9-6-5-7-10-23/h5-15,18,21H,4,16-17,19-20H2,1-3H3. The number of carbonyl (C=O) groups is 2. The van der Waals surface area contributed by atoms with Crippen molar-refractivity contribution in [3.05, 3.63) is 95.4 Å². The maximum absolute atomic E-state index is 13.3. The first-order chi connectivity index (χ1) is 15.5. The van der Waals surface area contributed by atoms with Gasteiger partial charge >= 0.3 is 0 Å². The summed E-state index contributed by atoms with van der Waals surface area (Å²) in [6.07, 6.45) is 3.27. The lowest BCUT2D eigenvalue weighted by molar-refractivity contribution is -0.133.